The fourth-order valence-electron chi connectivity index (χ4n) is 4.79. The molecule has 2 aromatic carbocycles. The number of nitrogens with zero attached hydrogens (tertiary/aromatic N) is 1. The van der Waals surface area contributed by atoms with Gasteiger partial charge in [0, 0.05) is 19.1 Å². The summed E-state index contributed by atoms with van der Waals surface area (Å²) in [4.78, 5) is 2.46. The van der Waals surface area contributed by atoms with Gasteiger partial charge >= 0.3 is 0 Å². The number of aliphatic hydroxyl groups excluding tert-OH is 1. The Morgan fingerprint density at radius 3 is 2.27 bits per heavy atom. The molecule has 2 aromatic rings. The van der Waals surface area contributed by atoms with Gasteiger partial charge in [0.15, 0.2) is 0 Å². The molecule has 0 saturated carbocycles. The van der Waals surface area contributed by atoms with E-state index in [0.29, 0.717) is 12.5 Å². The van der Waals surface area contributed by atoms with E-state index in [0.717, 1.165) is 42.7 Å². The molecule has 4 heteroatoms. The van der Waals surface area contributed by atoms with Crippen molar-refractivity contribution < 1.29 is 14.9 Å². The molecular weight excluding hydrogens is 410 g/mol. The molecular formula is C29H35NO3. The highest BCUT2D eigenvalue weighted by Gasteiger charge is 2.19. The van der Waals surface area contributed by atoms with Gasteiger partial charge in [-0.1, -0.05) is 54.1 Å². The summed E-state index contributed by atoms with van der Waals surface area (Å²) in [6, 6.07) is 15.8. The molecule has 1 fully saturated rings. The van der Waals surface area contributed by atoms with E-state index in [1.165, 1.54) is 37.1 Å². The Kier molecular flexibility index (Phi) is 8.40. The first-order valence-corrected chi connectivity index (χ1v) is 12.2. The molecule has 0 aromatic heterocycles. The number of aromatic hydroxyl groups is 1. The molecule has 174 valence electrons. The second-order valence-corrected chi connectivity index (χ2v) is 8.85. The molecule has 0 spiro atoms. The first-order valence-electron chi connectivity index (χ1n) is 12.2. The van der Waals surface area contributed by atoms with Gasteiger partial charge in [0.05, 0.1) is 0 Å². The molecule has 2 aliphatic rings. The number of allylic oxidation sites excluding steroid dienone is 5. The van der Waals surface area contributed by atoms with Crippen molar-refractivity contribution in [3.63, 3.8) is 0 Å². The number of hydrogen-bond donors (Lipinski definition) is 2. The van der Waals surface area contributed by atoms with E-state index in [4.69, 9.17) is 4.74 Å². The van der Waals surface area contributed by atoms with Gasteiger partial charge in [-0.25, -0.2) is 0 Å². The van der Waals surface area contributed by atoms with Gasteiger partial charge < -0.3 is 14.9 Å². The molecule has 1 unspecified atom stereocenters. The summed E-state index contributed by atoms with van der Waals surface area (Å²) in [6.07, 6.45) is 13.8. The summed E-state index contributed by atoms with van der Waals surface area (Å²) in [7, 11) is 0. The normalized spacial score (nSPS) is 19.0. The van der Waals surface area contributed by atoms with Crippen molar-refractivity contribution in [2.75, 3.05) is 32.8 Å². The largest absolute Gasteiger partial charge is 0.508 e. The number of phenols is 1. The van der Waals surface area contributed by atoms with Gasteiger partial charge in [-0.3, -0.25) is 4.90 Å². The highest BCUT2D eigenvalue weighted by atomic mass is 16.5. The average molecular weight is 446 g/mol. The predicted molar refractivity (Wildman–Crippen MR) is 134 cm³/mol. The van der Waals surface area contributed by atoms with Crippen LogP contribution in [0, 0.1) is 5.92 Å². The van der Waals surface area contributed by atoms with Gasteiger partial charge in [0.1, 0.15) is 18.1 Å². The smallest absolute Gasteiger partial charge is 0.119 e. The minimum atomic E-state index is 0.169. The highest BCUT2D eigenvalue weighted by Crippen LogP contribution is 2.37. The van der Waals surface area contributed by atoms with Gasteiger partial charge in [-0.2, -0.15) is 0 Å². The van der Waals surface area contributed by atoms with Crippen molar-refractivity contribution in [1.82, 2.24) is 4.90 Å². The first-order chi connectivity index (χ1) is 16.2. The van der Waals surface area contributed by atoms with Crippen LogP contribution in [0.4, 0.5) is 0 Å². The first kappa shape index (κ1) is 23.3. The molecule has 33 heavy (non-hydrogen) atoms. The van der Waals surface area contributed by atoms with Crippen LogP contribution in [0.2, 0.25) is 0 Å². The average Bonchev–Trinajstić information content (AvgIpc) is 3.37. The summed E-state index contributed by atoms with van der Waals surface area (Å²) in [6.45, 7) is 4.23. The third-order valence-corrected chi connectivity index (χ3v) is 6.53. The summed E-state index contributed by atoms with van der Waals surface area (Å²) in [5.41, 5.74) is 4.70. The number of hydrogen-bond acceptors (Lipinski definition) is 4. The van der Waals surface area contributed by atoms with Gasteiger partial charge in [0.2, 0.25) is 0 Å². The lowest BCUT2D eigenvalue weighted by molar-refractivity contribution is 0.238. The fraction of sp³-hybridized carbons (Fsp3) is 0.379. The quantitative estimate of drug-likeness (QED) is 0.502. The maximum absolute atomic E-state index is 9.85. The third kappa shape index (κ3) is 6.37. The lowest BCUT2D eigenvalue weighted by atomic mass is 9.81. The Morgan fingerprint density at radius 1 is 0.939 bits per heavy atom. The Bertz CT molecular complexity index is 967. The van der Waals surface area contributed by atoms with Crippen LogP contribution in [0.1, 0.15) is 43.2 Å². The number of rotatable bonds is 10. The molecule has 2 N–H and O–H groups in total. The lowest BCUT2D eigenvalue weighted by Gasteiger charge is -2.23. The standard InChI is InChI=1S/C29H35NO3/c31-21-6-9-28(23-7-2-1-3-8-23)29(24-10-14-26(32)15-11-24)25-12-16-27(17-13-25)33-22-20-30-18-4-5-19-30/h1-3,7,10-17,23,31-32H,4-6,8-9,18-22H2/b29-28-. The monoisotopic (exact) mass is 445 g/mol. The number of phenolic OH excluding ortho intramolecular Hbond substituents is 1. The zero-order chi connectivity index (χ0) is 22.9. The second-order valence-electron chi connectivity index (χ2n) is 8.85. The van der Waals surface area contributed by atoms with Crippen molar-refractivity contribution >= 4 is 5.57 Å². The number of aliphatic hydroxyl groups is 1. The van der Waals surface area contributed by atoms with Crippen LogP contribution in [-0.2, 0) is 0 Å². The Hall–Kier alpha value is -2.82. The van der Waals surface area contributed by atoms with Crippen molar-refractivity contribution in [1.29, 1.82) is 0 Å². The molecule has 1 heterocycles. The van der Waals surface area contributed by atoms with E-state index in [-0.39, 0.29) is 12.4 Å². The summed E-state index contributed by atoms with van der Waals surface area (Å²) >= 11 is 0. The van der Waals surface area contributed by atoms with Gasteiger partial charge in [0.25, 0.3) is 0 Å². The van der Waals surface area contributed by atoms with Crippen LogP contribution in [-0.4, -0.2) is 48.0 Å². The van der Waals surface area contributed by atoms with E-state index >= 15 is 0 Å². The molecule has 0 radical (unpaired) electrons. The van der Waals surface area contributed by atoms with Crippen LogP contribution < -0.4 is 4.74 Å². The number of likely N-dealkylation sites (tertiary alicyclic amines) is 1. The fourth-order valence-corrected chi connectivity index (χ4v) is 4.79. The summed E-state index contributed by atoms with van der Waals surface area (Å²) in [5.74, 6) is 1.44. The van der Waals surface area contributed by atoms with E-state index in [1.807, 2.05) is 12.1 Å². The maximum Gasteiger partial charge on any atom is 0.119 e. The minimum absolute atomic E-state index is 0.169. The minimum Gasteiger partial charge on any atom is -0.508 e. The Labute approximate surface area is 197 Å². The van der Waals surface area contributed by atoms with E-state index in [2.05, 4.69) is 53.5 Å². The summed E-state index contributed by atoms with van der Waals surface area (Å²) < 4.78 is 6.02. The zero-order valence-electron chi connectivity index (χ0n) is 19.3. The van der Waals surface area contributed by atoms with Crippen molar-refractivity contribution in [3.8, 4) is 11.5 Å². The van der Waals surface area contributed by atoms with Gasteiger partial charge in [-0.05, 0) is 86.2 Å². The number of ether oxygens (including phenoxy) is 1. The van der Waals surface area contributed by atoms with Crippen LogP contribution >= 0.6 is 0 Å². The zero-order valence-corrected chi connectivity index (χ0v) is 19.3. The van der Waals surface area contributed by atoms with Crippen molar-refractivity contribution in [2.45, 2.75) is 32.1 Å². The predicted octanol–water partition coefficient (Wildman–Crippen LogP) is 5.57. The SMILES string of the molecule is OCCC/C(=C(\c1ccc(O)cc1)c1ccc(OCCN2CCCC2)cc1)C1C=CC=CC1. The third-order valence-electron chi connectivity index (χ3n) is 6.53. The van der Waals surface area contributed by atoms with Crippen LogP contribution in [0.5, 0.6) is 11.5 Å². The molecule has 4 rings (SSSR count). The molecule has 1 aliphatic heterocycles. The second kappa shape index (κ2) is 11.9. The van der Waals surface area contributed by atoms with Crippen LogP contribution in [0.15, 0.2) is 78.4 Å². The number of benzene rings is 2. The molecule has 1 saturated heterocycles. The summed E-state index contributed by atoms with van der Waals surface area (Å²) in [5, 5.41) is 19.4. The Balaban J connectivity index is 1.62. The molecule has 4 nitrogen and oxygen atoms in total. The molecule has 1 atom stereocenters. The van der Waals surface area contributed by atoms with Crippen molar-refractivity contribution in [2.24, 2.45) is 5.92 Å². The van der Waals surface area contributed by atoms with Gasteiger partial charge in [-0.15, -0.1) is 0 Å². The maximum atomic E-state index is 9.85. The Morgan fingerprint density at radius 2 is 1.64 bits per heavy atom. The molecule has 0 bridgehead atoms. The van der Waals surface area contributed by atoms with Crippen molar-refractivity contribution in [3.05, 3.63) is 89.5 Å². The lowest BCUT2D eigenvalue weighted by Crippen LogP contribution is -2.25. The van der Waals surface area contributed by atoms with Crippen LogP contribution in [0.25, 0.3) is 5.57 Å². The van der Waals surface area contributed by atoms with E-state index < -0.39 is 0 Å². The van der Waals surface area contributed by atoms with E-state index in [9.17, 15) is 10.2 Å². The van der Waals surface area contributed by atoms with Crippen LogP contribution in [0.3, 0.4) is 0 Å². The topological polar surface area (TPSA) is 52.9 Å². The molecule has 1 aliphatic carbocycles. The molecule has 0 amide bonds. The van der Waals surface area contributed by atoms with E-state index in [1.54, 1.807) is 12.1 Å². The highest BCUT2D eigenvalue weighted by molar-refractivity contribution is 5.83.